The Morgan fingerprint density at radius 2 is 1.79 bits per heavy atom. The highest BCUT2D eigenvalue weighted by Crippen LogP contribution is 2.39. The van der Waals surface area contributed by atoms with E-state index < -0.39 is 26.4 Å². The van der Waals surface area contributed by atoms with Crippen LogP contribution in [0.5, 0.6) is 5.75 Å². The summed E-state index contributed by atoms with van der Waals surface area (Å²) in [6.45, 7) is 5.24. The predicted octanol–water partition coefficient (Wildman–Crippen LogP) is 3.16. The molecular formula is C17H19NO4S2. The summed E-state index contributed by atoms with van der Waals surface area (Å²) in [7, 11) is -3.30. The first-order valence-electron chi connectivity index (χ1n) is 7.64. The van der Waals surface area contributed by atoms with E-state index in [2.05, 4.69) is 4.72 Å². The molecule has 1 aliphatic rings. The zero-order valence-corrected chi connectivity index (χ0v) is 15.3. The maximum atomic E-state index is 12.2. The molecule has 5 nitrogen and oxygen atoms in total. The summed E-state index contributed by atoms with van der Waals surface area (Å²) in [6.07, 6.45) is 0. The molecule has 0 bridgehead atoms. The van der Waals surface area contributed by atoms with Crippen LogP contribution in [0.15, 0.2) is 47.4 Å². The van der Waals surface area contributed by atoms with Crippen LogP contribution in [0, 0.1) is 0 Å². The normalized spacial score (nSPS) is 20.5. The van der Waals surface area contributed by atoms with Gasteiger partial charge in [0.1, 0.15) is 0 Å². The molecule has 2 atom stereocenters. The molecule has 24 heavy (non-hydrogen) atoms. The zero-order chi connectivity index (χ0) is 17.5. The fourth-order valence-electron chi connectivity index (χ4n) is 2.62. The highest BCUT2D eigenvalue weighted by Gasteiger charge is 2.25. The number of rotatable bonds is 3. The van der Waals surface area contributed by atoms with E-state index in [1.807, 2.05) is 25.1 Å². The van der Waals surface area contributed by atoms with Crippen molar-refractivity contribution in [3.05, 3.63) is 48.0 Å². The Kier molecular flexibility index (Phi) is 4.50. The van der Waals surface area contributed by atoms with Crippen LogP contribution >= 0.6 is 0 Å². The van der Waals surface area contributed by atoms with Crippen LogP contribution < -0.4 is 8.91 Å². The van der Waals surface area contributed by atoms with Crippen LogP contribution in [0.1, 0.15) is 32.4 Å². The Labute approximate surface area is 144 Å². The molecule has 0 aromatic heterocycles. The van der Waals surface area contributed by atoms with Gasteiger partial charge in [0.25, 0.3) is 11.3 Å². The molecule has 128 valence electrons. The molecule has 0 fully saturated rings. The van der Waals surface area contributed by atoms with E-state index in [0.717, 1.165) is 16.7 Å². The first-order chi connectivity index (χ1) is 11.3. The second-order valence-electron chi connectivity index (χ2n) is 6.00. The second-order valence-corrected chi connectivity index (χ2v) is 9.38. The minimum Gasteiger partial charge on any atom is -0.388 e. The number of sulfone groups is 1. The lowest BCUT2D eigenvalue weighted by molar-refractivity contribution is 0.501. The first kappa shape index (κ1) is 17.1. The van der Waals surface area contributed by atoms with E-state index in [-0.39, 0.29) is 6.04 Å². The van der Waals surface area contributed by atoms with Crippen LogP contribution in [0.25, 0.3) is 11.1 Å². The van der Waals surface area contributed by atoms with Crippen LogP contribution in [0.4, 0.5) is 0 Å². The summed E-state index contributed by atoms with van der Waals surface area (Å²) in [6, 6.07) is 12.3. The SMILES string of the molecule is CC1NS(=O)Oc2c(-c3ccc(S(=O)(=O)C(C)C)cc3)cccc21. The van der Waals surface area contributed by atoms with E-state index in [9.17, 15) is 12.6 Å². The highest BCUT2D eigenvalue weighted by molar-refractivity contribution is 7.92. The molecule has 2 unspecified atom stereocenters. The highest BCUT2D eigenvalue weighted by atomic mass is 32.2. The van der Waals surface area contributed by atoms with Gasteiger partial charge in [0.05, 0.1) is 10.1 Å². The molecule has 3 rings (SSSR count). The average molecular weight is 365 g/mol. The Balaban J connectivity index is 2.05. The van der Waals surface area contributed by atoms with Gasteiger partial charge in [-0.1, -0.05) is 30.3 Å². The number of para-hydroxylation sites is 1. The summed E-state index contributed by atoms with van der Waals surface area (Å²) in [4.78, 5) is 0.297. The Morgan fingerprint density at radius 1 is 1.12 bits per heavy atom. The second kappa shape index (κ2) is 6.31. The van der Waals surface area contributed by atoms with Gasteiger partial charge in [-0.2, -0.15) is 8.93 Å². The molecule has 1 heterocycles. The van der Waals surface area contributed by atoms with Crippen molar-refractivity contribution in [1.82, 2.24) is 4.72 Å². The van der Waals surface area contributed by atoms with Gasteiger partial charge < -0.3 is 4.18 Å². The molecule has 0 aliphatic carbocycles. The maximum absolute atomic E-state index is 12.2. The summed E-state index contributed by atoms with van der Waals surface area (Å²) in [5.41, 5.74) is 2.54. The molecule has 1 aliphatic heterocycles. The van der Waals surface area contributed by atoms with Gasteiger partial charge in [-0.25, -0.2) is 8.42 Å². The third-order valence-electron chi connectivity index (χ3n) is 4.06. The van der Waals surface area contributed by atoms with Gasteiger partial charge in [0.15, 0.2) is 15.6 Å². The summed E-state index contributed by atoms with van der Waals surface area (Å²) in [5, 5.41) is -0.467. The lowest BCUT2D eigenvalue weighted by Crippen LogP contribution is -2.30. The van der Waals surface area contributed by atoms with Crippen LogP contribution in [-0.4, -0.2) is 17.9 Å². The monoisotopic (exact) mass is 365 g/mol. The van der Waals surface area contributed by atoms with Crippen molar-refractivity contribution in [2.24, 2.45) is 0 Å². The molecule has 7 heteroatoms. The Morgan fingerprint density at radius 3 is 2.42 bits per heavy atom. The maximum Gasteiger partial charge on any atom is 0.288 e. The van der Waals surface area contributed by atoms with Crippen molar-refractivity contribution in [2.75, 3.05) is 0 Å². The van der Waals surface area contributed by atoms with Gasteiger partial charge in [-0.3, -0.25) is 0 Å². The molecule has 0 saturated carbocycles. The van der Waals surface area contributed by atoms with Crippen LogP contribution in [0.2, 0.25) is 0 Å². The molecular weight excluding hydrogens is 346 g/mol. The van der Waals surface area contributed by atoms with Crippen molar-refractivity contribution >= 4 is 21.1 Å². The fourth-order valence-corrected chi connectivity index (χ4v) is 4.48. The van der Waals surface area contributed by atoms with Crippen molar-refractivity contribution in [3.8, 4) is 16.9 Å². The summed E-state index contributed by atoms with van der Waals surface area (Å²) < 4.78 is 44.5. The number of benzene rings is 2. The van der Waals surface area contributed by atoms with Crippen molar-refractivity contribution in [2.45, 2.75) is 37.0 Å². The quantitative estimate of drug-likeness (QED) is 0.907. The predicted molar refractivity (Wildman–Crippen MR) is 94.5 cm³/mol. The third kappa shape index (κ3) is 2.99. The molecule has 1 N–H and O–H groups in total. The molecule has 0 radical (unpaired) electrons. The van der Waals surface area contributed by atoms with E-state index in [0.29, 0.717) is 10.6 Å². The van der Waals surface area contributed by atoms with Crippen molar-refractivity contribution in [3.63, 3.8) is 0 Å². The van der Waals surface area contributed by atoms with Crippen molar-refractivity contribution in [1.29, 1.82) is 0 Å². The fraction of sp³-hybridized carbons (Fsp3) is 0.294. The van der Waals surface area contributed by atoms with Crippen molar-refractivity contribution < 1.29 is 16.8 Å². The van der Waals surface area contributed by atoms with Gasteiger partial charge in [-0.15, -0.1) is 0 Å². The lowest BCUT2D eigenvalue weighted by atomic mass is 9.98. The summed E-state index contributed by atoms with van der Waals surface area (Å²) >= 11 is -1.59. The lowest BCUT2D eigenvalue weighted by Gasteiger charge is -2.24. The first-order valence-corrected chi connectivity index (χ1v) is 10.3. The van der Waals surface area contributed by atoms with E-state index in [1.165, 1.54) is 0 Å². The van der Waals surface area contributed by atoms with Crippen LogP contribution in [-0.2, 0) is 21.1 Å². The zero-order valence-electron chi connectivity index (χ0n) is 13.6. The third-order valence-corrected chi connectivity index (χ3v) is 7.09. The smallest absolute Gasteiger partial charge is 0.288 e. The molecule has 2 aromatic carbocycles. The van der Waals surface area contributed by atoms with Gasteiger partial charge in [0, 0.05) is 17.2 Å². The molecule has 0 saturated heterocycles. The average Bonchev–Trinajstić information content (AvgIpc) is 2.54. The molecule has 2 aromatic rings. The van der Waals surface area contributed by atoms with E-state index >= 15 is 0 Å². The van der Waals surface area contributed by atoms with E-state index in [4.69, 9.17) is 4.18 Å². The number of hydrogen-bond donors (Lipinski definition) is 1. The van der Waals surface area contributed by atoms with E-state index in [1.54, 1.807) is 38.1 Å². The standard InChI is InChI=1S/C17H19NO4S2/c1-11(2)24(20,21)14-9-7-13(8-10-14)16-6-4-5-15-12(3)18-23(19)22-17(15)16/h4-12,18H,1-3H3. The number of hydrogen-bond acceptors (Lipinski definition) is 4. The topological polar surface area (TPSA) is 72.5 Å². The minimum absolute atomic E-state index is 0.0878. The largest absolute Gasteiger partial charge is 0.388 e. The minimum atomic E-state index is -3.30. The number of nitrogens with one attached hydrogen (secondary N) is 1. The van der Waals surface area contributed by atoms with Gasteiger partial charge in [0.2, 0.25) is 0 Å². The number of fused-ring (bicyclic) bond motifs is 1. The molecule has 0 spiro atoms. The van der Waals surface area contributed by atoms with Crippen LogP contribution in [0.3, 0.4) is 0 Å². The van der Waals surface area contributed by atoms with Gasteiger partial charge in [-0.05, 0) is 38.5 Å². The Hall–Kier alpha value is -1.70. The Bertz CT molecular complexity index is 889. The van der Waals surface area contributed by atoms with Gasteiger partial charge >= 0.3 is 0 Å². The molecule has 0 amide bonds. The summed E-state index contributed by atoms with van der Waals surface area (Å²) in [5.74, 6) is 0.571.